The number of benzene rings is 2. The van der Waals surface area contributed by atoms with Gasteiger partial charge in [0.05, 0.1) is 55.2 Å². The monoisotopic (exact) mass is 997 g/mol. The molecule has 68 heavy (non-hydrogen) atoms. The van der Waals surface area contributed by atoms with Crippen molar-refractivity contribution in [2.75, 3.05) is 59.3 Å². The lowest BCUT2D eigenvalue weighted by molar-refractivity contribution is -0.167. The zero-order valence-electron chi connectivity index (χ0n) is 37.6. The van der Waals surface area contributed by atoms with Crippen molar-refractivity contribution in [2.24, 2.45) is 0 Å². The molecule has 0 radical (unpaired) electrons. The highest BCUT2D eigenvalue weighted by Crippen LogP contribution is 2.41. The van der Waals surface area contributed by atoms with Crippen molar-refractivity contribution in [1.82, 2.24) is 4.90 Å². The molecule has 1 aliphatic heterocycles. The summed E-state index contributed by atoms with van der Waals surface area (Å²) in [6.07, 6.45) is -11.0. The van der Waals surface area contributed by atoms with Crippen molar-refractivity contribution < 1.29 is 95.5 Å². The number of hydrogen-bond acceptors (Lipinski definition) is 10. The first-order valence-electron chi connectivity index (χ1n) is 22.7. The van der Waals surface area contributed by atoms with E-state index in [0.29, 0.717) is 108 Å². The number of carbonyl (C=O) groups excluding carboxylic acids is 3. The van der Waals surface area contributed by atoms with Gasteiger partial charge in [0, 0.05) is 25.9 Å². The number of hydrogen-bond donors (Lipinski definition) is 0. The lowest BCUT2D eigenvalue weighted by Crippen LogP contribution is -2.41. The Bertz CT molecular complexity index is 1780. The molecule has 1 aliphatic rings. The van der Waals surface area contributed by atoms with E-state index >= 15 is 0 Å². The SMILES string of the molecule is O=C(CCCCCCCCCCOc1cc(C(F)(F)F)cc(C(F)(F)F)c1)OCC(COC(=O)CN1CCOCC1)OC(=O)CCCCCCCCCOc1ccc(C(F)(F)F)cc1C(F)(F)F. The maximum Gasteiger partial charge on any atom is 0.419 e. The average Bonchev–Trinajstić information content (AvgIpc) is 3.26. The number of nitrogens with zero attached hydrogens (tertiary/aromatic N) is 1. The molecule has 3 rings (SSSR count). The summed E-state index contributed by atoms with van der Waals surface area (Å²) in [5.74, 6) is -2.85. The van der Waals surface area contributed by atoms with Crippen molar-refractivity contribution in [3.63, 3.8) is 0 Å². The molecule has 0 spiro atoms. The van der Waals surface area contributed by atoms with Gasteiger partial charge in [0.2, 0.25) is 0 Å². The largest absolute Gasteiger partial charge is 0.494 e. The topological polar surface area (TPSA) is 110 Å². The summed E-state index contributed by atoms with van der Waals surface area (Å²) in [6.45, 7) is 1.19. The number of unbranched alkanes of at least 4 members (excludes halogenated alkanes) is 13. The fourth-order valence-electron chi connectivity index (χ4n) is 6.92. The number of halogens is 12. The van der Waals surface area contributed by atoms with E-state index in [2.05, 4.69) is 0 Å². The predicted molar refractivity (Wildman–Crippen MR) is 221 cm³/mol. The molecular weight excluding hydrogens is 938 g/mol. The maximum absolute atomic E-state index is 13.3. The molecule has 22 heteroatoms. The Kier molecular flexibility index (Phi) is 24.6. The molecule has 0 aromatic heterocycles. The van der Waals surface area contributed by atoms with Gasteiger partial charge in [0.15, 0.2) is 6.10 Å². The highest BCUT2D eigenvalue weighted by Gasteiger charge is 2.39. The van der Waals surface area contributed by atoms with Gasteiger partial charge in [-0.3, -0.25) is 19.3 Å². The molecule has 1 saturated heterocycles. The molecule has 0 amide bonds. The van der Waals surface area contributed by atoms with Crippen LogP contribution in [0.3, 0.4) is 0 Å². The van der Waals surface area contributed by atoms with E-state index in [1.807, 2.05) is 4.90 Å². The van der Waals surface area contributed by atoms with Crippen molar-refractivity contribution >= 4 is 17.9 Å². The van der Waals surface area contributed by atoms with Gasteiger partial charge in [-0.2, -0.15) is 52.7 Å². The predicted octanol–water partition coefficient (Wildman–Crippen LogP) is 12.2. The van der Waals surface area contributed by atoms with Crippen molar-refractivity contribution in [3.05, 3.63) is 58.7 Å². The smallest absolute Gasteiger partial charge is 0.419 e. The third-order valence-corrected chi connectivity index (χ3v) is 10.6. The van der Waals surface area contributed by atoms with Crippen LogP contribution >= 0.6 is 0 Å². The van der Waals surface area contributed by atoms with Crippen LogP contribution in [0.15, 0.2) is 36.4 Å². The summed E-state index contributed by atoms with van der Waals surface area (Å²) >= 11 is 0. The molecule has 386 valence electrons. The normalized spacial score (nSPS) is 14.4. The molecule has 2 aromatic carbocycles. The van der Waals surface area contributed by atoms with E-state index in [9.17, 15) is 67.1 Å². The van der Waals surface area contributed by atoms with Crippen LogP contribution < -0.4 is 9.47 Å². The second kappa shape index (κ2) is 28.9. The summed E-state index contributed by atoms with van der Waals surface area (Å²) in [5.41, 5.74) is -5.80. The minimum atomic E-state index is -5.03. The van der Waals surface area contributed by atoms with E-state index in [0.717, 1.165) is 38.5 Å². The molecular formula is C46H59F12NO9. The Labute approximate surface area is 387 Å². The summed E-state index contributed by atoms with van der Waals surface area (Å²) in [6, 6.07) is 2.36. The lowest BCUT2D eigenvalue weighted by Gasteiger charge is -2.25. The zero-order valence-corrected chi connectivity index (χ0v) is 37.6. The highest BCUT2D eigenvalue weighted by atomic mass is 19.4. The second-order valence-electron chi connectivity index (χ2n) is 16.3. The van der Waals surface area contributed by atoms with Gasteiger partial charge < -0.3 is 28.4 Å². The van der Waals surface area contributed by atoms with Crippen molar-refractivity contribution in [1.29, 1.82) is 0 Å². The van der Waals surface area contributed by atoms with E-state index < -0.39 is 82.5 Å². The van der Waals surface area contributed by atoms with Gasteiger partial charge in [-0.1, -0.05) is 70.6 Å². The number of esters is 3. The highest BCUT2D eigenvalue weighted by molar-refractivity contribution is 5.72. The van der Waals surface area contributed by atoms with Crippen LogP contribution in [-0.2, 0) is 58.0 Å². The first-order valence-corrected chi connectivity index (χ1v) is 22.7. The number of rotatable bonds is 30. The molecule has 0 aliphatic carbocycles. The molecule has 1 atom stereocenters. The van der Waals surface area contributed by atoms with Crippen molar-refractivity contribution in [2.45, 2.75) is 140 Å². The van der Waals surface area contributed by atoms with Crippen LogP contribution in [0, 0.1) is 0 Å². The van der Waals surface area contributed by atoms with E-state index in [-0.39, 0.29) is 57.9 Å². The first-order chi connectivity index (χ1) is 32.0. The molecule has 1 fully saturated rings. The van der Waals surface area contributed by atoms with Gasteiger partial charge in [-0.05, 0) is 62.1 Å². The summed E-state index contributed by atoms with van der Waals surface area (Å²) in [5, 5.41) is 0. The number of alkyl halides is 12. The summed E-state index contributed by atoms with van der Waals surface area (Å²) < 4.78 is 189. The quantitative estimate of drug-likeness (QED) is 0.0325. The number of ether oxygens (including phenoxy) is 6. The van der Waals surface area contributed by atoms with Crippen LogP contribution in [0.4, 0.5) is 52.7 Å². The van der Waals surface area contributed by atoms with Crippen LogP contribution in [0.1, 0.15) is 131 Å². The fraction of sp³-hybridized carbons (Fsp3) is 0.674. The molecule has 0 bridgehead atoms. The van der Waals surface area contributed by atoms with Crippen LogP contribution in [0.2, 0.25) is 0 Å². The van der Waals surface area contributed by atoms with Crippen molar-refractivity contribution in [3.8, 4) is 11.5 Å². The molecule has 10 nitrogen and oxygen atoms in total. The van der Waals surface area contributed by atoms with Gasteiger partial charge in [0.25, 0.3) is 0 Å². The van der Waals surface area contributed by atoms with E-state index in [4.69, 9.17) is 28.4 Å². The Morgan fingerprint density at radius 1 is 0.515 bits per heavy atom. The van der Waals surface area contributed by atoms with Gasteiger partial charge >= 0.3 is 42.6 Å². The Hall–Kier alpha value is -4.47. The van der Waals surface area contributed by atoms with Gasteiger partial charge in [-0.25, -0.2) is 0 Å². The Morgan fingerprint density at radius 3 is 1.47 bits per heavy atom. The maximum atomic E-state index is 13.3. The zero-order chi connectivity index (χ0) is 50.2. The summed E-state index contributed by atoms with van der Waals surface area (Å²) in [7, 11) is 0. The van der Waals surface area contributed by atoms with E-state index in [1.165, 1.54) is 0 Å². The Balaban J connectivity index is 1.28. The standard InChI is InChI=1S/C46H59F12NO9/c47-43(48,49)33-18-19-39(38(29-33)46(56,57)58)65-23-15-11-7-3-5-9-13-17-41(61)68-37(32-67-42(62)30-59-20-24-63-25-21-59)31-66-40(60)16-12-8-4-1-2-6-10-14-22-64-36-27-34(44(50,51)52)26-35(28-36)45(53,54)55/h18-19,26-29,37H,1-17,20-25,30-32H2. The van der Waals surface area contributed by atoms with Gasteiger partial charge in [0.1, 0.15) is 24.7 Å². The fourth-order valence-corrected chi connectivity index (χ4v) is 6.92. The number of carbonyl (C=O) groups is 3. The minimum absolute atomic E-state index is 0.00173. The lowest BCUT2D eigenvalue weighted by atomic mass is 10.1. The average molecular weight is 998 g/mol. The molecule has 1 unspecified atom stereocenters. The third kappa shape index (κ3) is 23.7. The molecule has 1 heterocycles. The second-order valence-corrected chi connectivity index (χ2v) is 16.3. The van der Waals surface area contributed by atoms with E-state index in [1.54, 1.807) is 0 Å². The van der Waals surface area contributed by atoms with Crippen LogP contribution in [0.25, 0.3) is 0 Å². The molecule has 2 aromatic rings. The molecule has 0 saturated carbocycles. The molecule has 0 N–H and O–H groups in total. The third-order valence-electron chi connectivity index (χ3n) is 10.6. The Morgan fingerprint density at radius 2 is 0.971 bits per heavy atom. The minimum Gasteiger partial charge on any atom is -0.494 e. The first kappa shape index (κ1) is 57.8. The van der Waals surface area contributed by atoms with Crippen LogP contribution in [0.5, 0.6) is 11.5 Å². The van der Waals surface area contributed by atoms with Gasteiger partial charge in [-0.15, -0.1) is 0 Å². The van der Waals surface area contributed by atoms with Crippen LogP contribution in [-0.4, -0.2) is 88.2 Å². The summed E-state index contributed by atoms with van der Waals surface area (Å²) in [4.78, 5) is 39.6. The number of morpholine rings is 1.